The molecule has 0 aromatic carbocycles. The molecule has 0 aromatic rings. The van der Waals surface area contributed by atoms with Crippen LogP contribution in [0.1, 0.15) is 26.2 Å². The highest BCUT2D eigenvalue weighted by Crippen LogP contribution is 2.42. The van der Waals surface area contributed by atoms with Gasteiger partial charge in [-0.15, -0.1) is 0 Å². The average molecular weight is 442 g/mol. The van der Waals surface area contributed by atoms with Crippen LogP contribution in [0, 0.1) is 5.92 Å². The third-order valence-corrected chi connectivity index (χ3v) is 8.02. The summed E-state index contributed by atoms with van der Waals surface area (Å²) in [7, 11) is 0. The Hall–Kier alpha value is -0.0400. The molecular weight excluding hydrogens is 418 g/mol. The lowest BCUT2D eigenvalue weighted by molar-refractivity contribution is -0.217. The molecule has 0 bridgehead atoms. The molecule has 148 valence electrons. The predicted molar refractivity (Wildman–Crippen MR) is 108 cm³/mol. The number of hydrogen-bond donors (Lipinski definition) is 2. The Labute approximate surface area is 170 Å². The fourth-order valence-electron chi connectivity index (χ4n) is 2.83. The minimum Gasteiger partial charge on any atom is -0.478 e. The molecular formula is C15H23NO6S4. The van der Waals surface area contributed by atoms with Gasteiger partial charge in [-0.05, 0) is 32.4 Å². The van der Waals surface area contributed by atoms with Crippen molar-refractivity contribution in [2.75, 3.05) is 17.9 Å². The molecule has 0 spiro atoms. The molecule has 2 aliphatic heterocycles. The first kappa shape index (κ1) is 22.3. The molecule has 7 nitrogen and oxygen atoms in total. The number of thiocarbonyl (C=S) groups is 1. The maximum Gasteiger partial charge on any atom is 0.354 e. The number of likely N-dealkylation sites (tertiary alicyclic amines) is 1. The Morgan fingerprint density at radius 2 is 2.23 bits per heavy atom. The van der Waals surface area contributed by atoms with Crippen molar-refractivity contribution in [3.8, 4) is 0 Å². The zero-order chi connectivity index (χ0) is 19.3. The minimum atomic E-state index is -1.89. The van der Waals surface area contributed by atoms with Gasteiger partial charge in [-0.2, -0.15) is 11.8 Å². The van der Waals surface area contributed by atoms with Crippen molar-refractivity contribution in [1.29, 1.82) is 0 Å². The highest BCUT2D eigenvalue weighted by molar-refractivity contribution is 8.49. The number of hydrogen-bond acceptors (Lipinski definition) is 9. The highest BCUT2D eigenvalue weighted by Gasteiger charge is 2.55. The molecule has 3 unspecified atom stereocenters. The number of β-lactam (4-membered cyclic amide) rings is 1. The summed E-state index contributed by atoms with van der Waals surface area (Å²) in [4.78, 5) is 24.6. The fourth-order valence-corrected chi connectivity index (χ4v) is 6.43. The van der Waals surface area contributed by atoms with Crippen LogP contribution in [0.3, 0.4) is 0 Å². The van der Waals surface area contributed by atoms with Crippen LogP contribution in [0.25, 0.3) is 0 Å². The molecule has 11 heteroatoms. The van der Waals surface area contributed by atoms with Gasteiger partial charge in [0.05, 0.1) is 12.0 Å². The number of nitrogens with zero attached hydrogens (tertiary/aromatic N) is 1. The lowest BCUT2D eigenvalue weighted by Crippen LogP contribution is -2.68. The van der Waals surface area contributed by atoms with Crippen LogP contribution in [0.4, 0.5) is 0 Å². The van der Waals surface area contributed by atoms with Gasteiger partial charge in [0.15, 0.2) is 6.29 Å². The Morgan fingerprint density at radius 1 is 1.50 bits per heavy atom. The second-order valence-electron chi connectivity index (χ2n) is 5.93. The quantitative estimate of drug-likeness (QED) is 0.331. The number of carbonyl (C=O) groups excluding carboxylic acids is 1. The van der Waals surface area contributed by atoms with Crippen molar-refractivity contribution in [2.24, 2.45) is 5.92 Å². The number of ether oxygens (including phenoxy) is 2. The first-order valence-electron chi connectivity index (χ1n) is 8.19. The summed E-state index contributed by atoms with van der Waals surface area (Å²) >= 11 is 9.62. The standard InChI is InChI=1S/C15H23NO6S4/c1-8(22-9-5-3-4-6-21-9)10-11(17)16(12(18)14(19)20)13(10)26-15(23)25-7-24-2/h8-10,12-13,18H,3-7H2,1-2H3,(H,19,20)/t8?,9?,10-,12?,13-/m1/s1. The van der Waals surface area contributed by atoms with Crippen molar-refractivity contribution in [3.05, 3.63) is 0 Å². The van der Waals surface area contributed by atoms with E-state index in [9.17, 15) is 14.7 Å². The van der Waals surface area contributed by atoms with E-state index in [-0.39, 0.29) is 6.29 Å². The molecule has 2 aliphatic rings. The fraction of sp³-hybridized carbons (Fsp3) is 0.800. The first-order chi connectivity index (χ1) is 12.4. The molecule has 1 amide bonds. The van der Waals surface area contributed by atoms with Crippen LogP contribution in [0.15, 0.2) is 0 Å². The van der Waals surface area contributed by atoms with E-state index >= 15 is 0 Å². The lowest BCUT2D eigenvalue weighted by atomic mass is 9.92. The SMILES string of the molecule is CSCSC(=S)S[C@@H]1[C@H](C(C)OC2CCCCO2)C(=O)N1C(O)C(=O)O. The summed E-state index contributed by atoms with van der Waals surface area (Å²) < 4.78 is 12.0. The zero-order valence-electron chi connectivity index (χ0n) is 14.5. The zero-order valence-corrected chi connectivity index (χ0v) is 17.8. The Balaban J connectivity index is 2.04. The van der Waals surface area contributed by atoms with Gasteiger partial charge in [0.2, 0.25) is 12.1 Å². The largest absolute Gasteiger partial charge is 0.478 e. The molecule has 0 radical (unpaired) electrons. The van der Waals surface area contributed by atoms with E-state index in [0.29, 0.717) is 10.1 Å². The van der Waals surface area contributed by atoms with Crippen molar-refractivity contribution in [1.82, 2.24) is 4.90 Å². The van der Waals surface area contributed by atoms with E-state index in [4.69, 9.17) is 26.8 Å². The van der Waals surface area contributed by atoms with Crippen molar-refractivity contribution in [3.63, 3.8) is 0 Å². The Kier molecular flexibility index (Phi) is 8.98. The molecule has 26 heavy (non-hydrogen) atoms. The topological polar surface area (TPSA) is 96.3 Å². The summed E-state index contributed by atoms with van der Waals surface area (Å²) in [6.07, 6.45) is 2.02. The van der Waals surface area contributed by atoms with Crippen LogP contribution in [0.5, 0.6) is 0 Å². The molecule has 2 rings (SSSR count). The Morgan fingerprint density at radius 3 is 2.81 bits per heavy atom. The van der Waals surface area contributed by atoms with Gasteiger partial charge < -0.3 is 19.7 Å². The van der Waals surface area contributed by atoms with E-state index < -0.39 is 35.5 Å². The summed E-state index contributed by atoms with van der Waals surface area (Å²) in [5.41, 5.74) is 0. The maximum absolute atomic E-state index is 12.5. The van der Waals surface area contributed by atoms with E-state index in [1.807, 2.05) is 6.26 Å². The minimum absolute atomic E-state index is 0.353. The maximum atomic E-state index is 12.5. The predicted octanol–water partition coefficient (Wildman–Crippen LogP) is 2.18. The average Bonchev–Trinajstić information content (AvgIpc) is 2.60. The number of thioether (sulfide) groups is 3. The molecule has 2 fully saturated rings. The van der Waals surface area contributed by atoms with E-state index in [0.717, 1.165) is 29.2 Å². The van der Waals surface area contributed by atoms with Gasteiger partial charge in [-0.1, -0.05) is 35.7 Å². The monoisotopic (exact) mass is 441 g/mol. The van der Waals surface area contributed by atoms with E-state index in [1.54, 1.807) is 18.7 Å². The van der Waals surface area contributed by atoms with E-state index in [1.165, 1.54) is 23.5 Å². The van der Waals surface area contributed by atoms with Crippen molar-refractivity contribution in [2.45, 2.75) is 50.2 Å². The van der Waals surface area contributed by atoms with Crippen molar-refractivity contribution < 1.29 is 29.3 Å². The summed E-state index contributed by atoms with van der Waals surface area (Å²) in [6, 6.07) is 0. The van der Waals surface area contributed by atoms with Crippen LogP contribution >= 0.6 is 47.5 Å². The highest BCUT2D eigenvalue weighted by atomic mass is 32.3. The molecule has 2 saturated heterocycles. The number of carboxylic acids is 1. The summed E-state index contributed by atoms with van der Waals surface area (Å²) in [5, 5.41) is 19.1. The Bertz CT molecular complexity index is 530. The normalized spacial score (nSPS) is 28.3. The van der Waals surface area contributed by atoms with Crippen LogP contribution < -0.4 is 0 Å². The third-order valence-electron chi connectivity index (χ3n) is 4.13. The van der Waals surface area contributed by atoms with Crippen LogP contribution in [-0.4, -0.2) is 72.5 Å². The van der Waals surface area contributed by atoms with Crippen LogP contribution in [-0.2, 0) is 19.1 Å². The summed E-state index contributed by atoms with van der Waals surface area (Å²) in [5.74, 6) is -2.49. The van der Waals surface area contributed by atoms with Gasteiger partial charge >= 0.3 is 5.97 Å². The second kappa shape index (κ2) is 10.5. The molecule has 0 aromatic heterocycles. The number of amides is 1. The van der Waals surface area contributed by atoms with Gasteiger partial charge in [-0.25, -0.2) is 4.79 Å². The number of aliphatic hydroxyl groups is 1. The first-order valence-corrected chi connectivity index (χ1v) is 11.9. The summed E-state index contributed by atoms with van der Waals surface area (Å²) in [6.45, 7) is 2.41. The smallest absolute Gasteiger partial charge is 0.354 e. The van der Waals surface area contributed by atoms with Gasteiger partial charge in [0.1, 0.15) is 8.90 Å². The number of aliphatic carboxylic acids is 1. The van der Waals surface area contributed by atoms with Gasteiger partial charge in [0, 0.05) is 11.7 Å². The van der Waals surface area contributed by atoms with Crippen LogP contribution in [0.2, 0.25) is 0 Å². The molecule has 0 aliphatic carbocycles. The number of rotatable bonds is 8. The third kappa shape index (κ3) is 5.49. The lowest BCUT2D eigenvalue weighted by Gasteiger charge is -2.49. The molecule has 2 N–H and O–H groups in total. The number of aliphatic hydroxyl groups excluding tert-OH is 1. The number of carboxylic acid groups (broad SMARTS) is 1. The number of carbonyl (C=O) groups is 2. The van der Waals surface area contributed by atoms with Crippen molar-refractivity contribution >= 4 is 62.9 Å². The molecule has 5 atom stereocenters. The molecule has 2 heterocycles. The molecule has 0 saturated carbocycles. The van der Waals surface area contributed by atoms with Gasteiger partial charge in [-0.3, -0.25) is 9.69 Å². The van der Waals surface area contributed by atoms with E-state index in [2.05, 4.69) is 0 Å². The second-order valence-corrected chi connectivity index (χ2v) is 10.5. The van der Waals surface area contributed by atoms with Gasteiger partial charge in [0.25, 0.3) is 0 Å².